The lowest BCUT2D eigenvalue weighted by Gasteiger charge is -2.08. The fourth-order valence-corrected chi connectivity index (χ4v) is 2.27. The SMILES string of the molecule is Cc1oc(C)c(C(=O)OCC(=O)NNC(=O)c2ccc([N+](=O)[O-])cc2)c1C. The molecule has 0 aliphatic carbocycles. The number of amides is 2. The molecule has 0 radical (unpaired) electrons. The number of carbonyl (C=O) groups is 3. The maximum atomic E-state index is 12.0. The zero-order valence-electron chi connectivity index (χ0n) is 14.8. The zero-order chi connectivity index (χ0) is 20.1. The average molecular weight is 375 g/mol. The molecule has 2 N–H and O–H groups in total. The van der Waals surface area contributed by atoms with Gasteiger partial charge in [-0.2, -0.15) is 0 Å². The molecule has 142 valence electrons. The first-order valence-corrected chi connectivity index (χ1v) is 7.78. The van der Waals surface area contributed by atoms with Gasteiger partial charge in [-0.25, -0.2) is 4.79 Å². The van der Waals surface area contributed by atoms with Crippen LogP contribution in [-0.2, 0) is 9.53 Å². The molecule has 2 rings (SSSR count). The van der Waals surface area contributed by atoms with Gasteiger partial charge in [-0.3, -0.25) is 30.6 Å². The molecule has 0 fully saturated rings. The van der Waals surface area contributed by atoms with Crippen molar-refractivity contribution < 1.29 is 28.5 Å². The highest BCUT2D eigenvalue weighted by molar-refractivity contribution is 5.96. The molecule has 1 aromatic carbocycles. The normalized spacial score (nSPS) is 10.2. The van der Waals surface area contributed by atoms with Gasteiger partial charge in [0.05, 0.1) is 4.92 Å². The molecule has 1 heterocycles. The van der Waals surface area contributed by atoms with E-state index in [4.69, 9.17) is 9.15 Å². The molecule has 0 aliphatic rings. The van der Waals surface area contributed by atoms with Crippen molar-refractivity contribution >= 4 is 23.5 Å². The van der Waals surface area contributed by atoms with Crippen molar-refractivity contribution in [2.75, 3.05) is 6.61 Å². The third-order valence-corrected chi connectivity index (χ3v) is 3.76. The van der Waals surface area contributed by atoms with Crippen molar-refractivity contribution in [1.29, 1.82) is 0 Å². The number of rotatable bonds is 5. The lowest BCUT2D eigenvalue weighted by atomic mass is 10.1. The Morgan fingerprint density at radius 1 is 1.07 bits per heavy atom. The van der Waals surface area contributed by atoms with Gasteiger partial charge in [0.2, 0.25) is 0 Å². The molecular weight excluding hydrogens is 358 g/mol. The molecule has 0 saturated heterocycles. The van der Waals surface area contributed by atoms with Crippen molar-refractivity contribution in [3.8, 4) is 0 Å². The summed E-state index contributed by atoms with van der Waals surface area (Å²) in [6, 6.07) is 4.81. The highest BCUT2D eigenvalue weighted by Gasteiger charge is 2.21. The molecule has 0 unspecified atom stereocenters. The van der Waals surface area contributed by atoms with Gasteiger partial charge < -0.3 is 9.15 Å². The first-order chi connectivity index (χ1) is 12.7. The molecule has 10 heteroatoms. The standard InChI is InChI=1S/C17H17N3O7/c1-9-10(2)27-11(3)15(9)17(23)26-8-14(21)18-19-16(22)12-4-6-13(7-5-12)20(24)25/h4-7H,8H2,1-3H3,(H,18,21)(H,19,22). The van der Waals surface area contributed by atoms with Crippen LogP contribution in [0.4, 0.5) is 5.69 Å². The van der Waals surface area contributed by atoms with Crippen LogP contribution in [0.25, 0.3) is 0 Å². The first-order valence-electron chi connectivity index (χ1n) is 7.78. The van der Waals surface area contributed by atoms with Gasteiger partial charge in [0.1, 0.15) is 17.1 Å². The summed E-state index contributed by atoms with van der Waals surface area (Å²) in [5.41, 5.74) is 5.04. The number of nitro benzene ring substituents is 1. The number of nitrogens with zero attached hydrogens (tertiary/aromatic N) is 1. The molecule has 10 nitrogen and oxygen atoms in total. The Hall–Kier alpha value is -3.69. The highest BCUT2D eigenvalue weighted by Crippen LogP contribution is 2.21. The van der Waals surface area contributed by atoms with Crippen LogP contribution in [0.15, 0.2) is 28.7 Å². The predicted molar refractivity (Wildman–Crippen MR) is 91.9 cm³/mol. The third kappa shape index (κ3) is 4.69. The molecule has 27 heavy (non-hydrogen) atoms. The molecule has 1 aromatic heterocycles. The molecule has 0 spiro atoms. The first kappa shape index (κ1) is 19.6. The van der Waals surface area contributed by atoms with Crippen LogP contribution < -0.4 is 10.9 Å². The molecule has 2 aromatic rings. The van der Waals surface area contributed by atoms with E-state index in [9.17, 15) is 24.5 Å². The summed E-state index contributed by atoms with van der Waals surface area (Å²) in [6.45, 7) is 4.41. The number of ether oxygens (including phenoxy) is 1. The Morgan fingerprint density at radius 3 is 2.22 bits per heavy atom. The smallest absolute Gasteiger partial charge is 0.342 e. The van der Waals surface area contributed by atoms with Crippen LogP contribution in [0, 0.1) is 30.9 Å². The monoisotopic (exact) mass is 375 g/mol. The number of esters is 1. The fraction of sp³-hybridized carbons (Fsp3) is 0.235. The van der Waals surface area contributed by atoms with Gasteiger partial charge >= 0.3 is 5.97 Å². The summed E-state index contributed by atoms with van der Waals surface area (Å²) < 4.78 is 10.2. The molecule has 2 amide bonds. The van der Waals surface area contributed by atoms with Crippen molar-refractivity contribution in [2.24, 2.45) is 0 Å². The minimum atomic E-state index is -0.755. The number of hydrazine groups is 1. The third-order valence-electron chi connectivity index (χ3n) is 3.76. The summed E-state index contributed by atoms with van der Waals surface area (Å²) in [6.07, 6.45) is 0. The van der Waals surface area contributed by atoms with E-state index < -0.39 is 29.3 Å². The topological polar surface area (TPSA) is 141 Å². The summed E-state index contributed by atoms with van der Waals surface area (Å²) in [4.78, 5) is 45.6. The quantitative estimate of drug-likeness (QED) is 0.460. The largest absolute Gasteiger partial charge is 0.465 e. The Kier molecular flexibility index (Phi) is 5.91. The number of carbonyl (C=O) groups excluding carboxylic acids is 3. The maximum Gasteiger partial charge on any atom is 0.342 e. The minimum Gasteiger partial charge on any atom is -0.465 e. The second-order valence-corrected chi connectivity index (χ2v) is 5.60. The van der Waals surface area contributed by atoms with Gasteiger partial charge in [0, 0.05) is 23.3 Å². The zero-order valence-corrected chi connectivity index (χ0v) is 14.8. The summed E-state index contributed by atoms with van der Waals surface area (Å²) in [7, 11) is 0. The van der Waals surface area contributed by atoms with E-state index in [1.165, 1.54) is 12.1 Å². The Bertz CT molecular complexity index is 900. The van der Waals surface area contributed by atoms with Crippen molar-refractivity contribution in [3.63, 3.8) is 0 Å². The van der Waals surface area contributed by atoms with Crippen LogP contribution in [0.5, 0.6) is 0 Å². The fourth-order valence-electron chi connectivity index (χ4n) is 2.27. The van der Waals surface area contributed by atoms with Gasteiger partial charge in [0.15, 0.2) is 6.61 Å². The van der Waals surface area contributed by atoms with Crippen LogP contribution in [0.2, 0.25) is 0 Å². The molecule has 0 saturated carbocycles. The van der Waals surface area contributed by atoms with E-state index in [0.717, 1.165) is 12.1 Å². The molecular formula is C17H17N3O7. The number of non-ortho nitro benzene ring substituents is 1. The Balaban J connectivity index is 1.84. The molecule has 0 atom stereocenters. The summed E-state index contributed by atoms with van der Waals surface area (Å²) >= 11 is 0. The minimum absolute atomic E-state index is 0.109. The van der Waals surface area contributed by atoms with Crippen molar-refractivity contribution in [1.82, 2.24) is 10.9 Å². The summed E-state index contributed by atoms with van der Waals surface area (Å²) in [5, 5.41) is 10.6. The van der Waals surface area contributed by atoms with E-state index in [1.807, 2.05) is 0 Å². The highest BCUT2D eigenvalue weighted by atomic mass is 16.6. The second-order valence-electron chi connectivity index (χ2n) is 5.60. The number of furan rings is 1. The number of nitrogens with one attached hydrogen (secondary N) is 2. The lowest BCUT2D eigenvalue weighted by Crippen LogP contribution is -2.43. The average Bonchev–Trinajstić information content (AvgIpc) is 2.89. The van der Waals surface area contributed by atoms with E-state index in [-0.39, 0.29) is 16.8 Å². The van der Waals surface area contributed by atoms with Crippen LogP contribution in [0.3, 0.4) is 0 Å². The Morgan fingerprint density at radius 2 is 1.70 bits per heavy atom. The lowest BCUT2D eigenvalue weighted by molar-refractivity contribution is -0.384. The van der Waals surface area contributed by atoms with Gasteiger partial charge in [-0.1, -0.05) is 0 Å². The molecule has 0 bridgehead atoms. The number of aryl methyl sites for hydroxylation is 2. The van der Waals surface area contributed by atoms with Crippen LogP contribution >= 0.6 is 0 Å². The van der Waals surface area contributed by atoms with Crippen molar-refractivity contribution in [3.05, 3.63) is 62.6 Å². The van der Waals surface area contributed by atoms with Crippen molar-refractivity contribution in [2.45, 2.75) is 20.8 Å². The second kappa shape index (κ2) is 8.13. The van der Waals surface area contributed by atoms with E-state index in [1.54, 1.807) is 20.8 Å². The van der Waals surface area contributed by atoms with Gasteiger partial charge in [-0.15, -0.1) is 0 Å². The van der Waals surface area contributed by atoms with Crippen LogP contribution in [0.1, 0.15) is 37.8 Å². The van der Waals surface area contributed by atoms with E-state index >= 15 is 0 Å². The van der Waals surface area contributed by atoms with E-state index in [2.05, 4.69) is 10.9 Å². The molecule has 0 aliphatic heterocycles. The summed E-state index contributed by atoms with van der Waals surface area (Å²) in [5.74, 6) is -1.17. The van der Waals surface area contributed by atoms with E-state index in [0.29, 0.717) is 17.1 Å². The maximum absolute atomic E-state index is 12.0. The van der Waals surface area contributed by atoms with Gasteiger partial charge in [-0.05, 0) is 32.9 Å². The number of benzene rings is 1. The number of nitro groups is 1. The van der Waals surface area contributed by atoms with Crippen LogP contribution in [-0.4, -0.2) is 29.3 Å². The Labute approximate surface area is 153 Å². The van der Waals surface area contributed by atoms with Gasteiger partial charge in [0.25, 0.3) is 17.5 Å². The number of hydrogen-bond donors (Lipinski definition) is 2. The predicted octanol–water partition coefficient (Wildman–Crippen LogP) is 1.73. The number of hydrogen-bond acceptors (Lipinski definition) is 7.